The highest BCUT2D eigenvalue weighted by Gasteiger charge is 2.07. The third kappa shape index (κ3) is 4.13. The van der Waals surface area contributed by atoms with Crippen LogP contribution in [0.2, 0.25) is 10.0 Å². The molecule has 0 bridgehead atoms. The van der Waals surface area contributed by atoms with Gasteiger partial charge < -0.3 is 18.8 Å². The van der Waals surface area contributed by atoms with Crippen LogP contribution in [0.3, 0.4) is 0 Å². The largest absolute Gasteiger partial charge is 0.658 e. The molecule has 2 aromatic carbocycles. The fourth-order valence-corrected chi connectivity index (χ4v) is 1.95. The number of benzene rings is 2. The van der Waals surface area contributed by atoms with E-state index < -0.39 is 0 Å². The van der Waals surface area contributed by atoms with Gasteiger partial charge >= 0.3 is 7.69 Å². The van der Waals surface area contributed by atoms with Crippen LogP contribution >= 0.6 is 23.2 Å². The van der Waals surface area contributed by atoms with E-state index in [0.717, 1.165) is 0 Å². The lowest BCUT2D eigenvalue weighted by Gasteiger charge is -2.10. The van der Waals surface area contributed by atoms with Crippen molar-refractivity contribution < 1.29 is 18.8 Å². The first-order valence-corrected chi connectivity index (χ1v) is 6.71. The molecule has 0 aliphatic carbocycles. The van der Waals surface area contributed by atoms with Crippen LogP contribution in [0.4, 0.5) is 0 Å². The van der Waals surface area contributed by atoms with Gasteiger partial charge in [-0.05, 0) is 24.3 Å². The fourth-order valence-electron chi connectivity index (χ4n) is 1.56. The van der Waals surface area contributed by atoms with Gasteiger partial charge in [0.1, 0.15) is 23.0 Å². The molecule has 109 valence electrons. The fraction of sp³-hybridized carbons (Fsp3) is 0.143. The van der Waals surface area contributed by atoms with E-state index in [4.69, 9.17) is 42.0 Å². The van der Waals surface area contributed by atoms with Gasteiger partial charge in [0.2, 0.25) is 0 Å². The van der Waals surface area contributed by atoms with Crippen LogP contribution < -0.4 is 18.8 Å². The Hall–Kier alpha value is -1.72. The van der Waals surface area contributed by atoms with Crippen molar-refractivity contribution in [2.24, 2.45) is 0 Å². The standard InChI is InChI=1S/C14H12BCl2O4/c1-18-13-7-9(3-5-11(13)16)20-15-21-10-4-6-12(17)14(8-10)19-2/h3-8H,1-2H3. The predicted octanol–water partition coefficient (Wildman–Crippen LogP) is 4.00. The van der Waals surface area contributed by atoms with E-state index in [0.29, 0.717) is 33.0 Å². The first kappa shape index (κ1) is 15.7. The molecule has 21 heavy (non-hydrogen) atoms. The smallest absolute Gasteiger partial charge is 0.526 e. The monoisotopic (exact) mass is 325 g/mol. The van der Waals surface area contributed by atoms with Gasteiger partial charge in [-0.15, -0.1) is 0 Å². The first-order valence-electron chi connectivity index (χ1n) is 5.96. The maximum Gasteiger partial charge on any atom is 0.658 e. The van der Waals surface area contributed by atoms with Crippen molar-refractivity contribution in [3.63, 3.8) is 0 Å². The minimum atomic E-state index is 0.508. The van der Waals surface area contributed by atoms with Gasteiger partial charge in [0, 0.05) is 12.1 Å². The molecular formula is C14H12BCl2O4. The van der Waals surface area contributed by atoms with Gasteiger partial charge in [-0.25, -0.2) is 0 Å². The molecule has 4 nitrogen and oxygen atoms in total. The van der Waals surface area contributed by atoms with Crippen LogP contribution in [0.15, 0.2) is 36.4 Å². The lowest BCUT2D eigenvalue weighted by Crippen LogP contribution is -2.11. The van der Waals surface area contributed by atoms with E-state index in [-0.39, 0.29) is 0 Å². The summed E-state index contributed by atoms with van der Waals surface area (Å²) in [5, 5.41) is 1.02. The zero-order valence-electron chi connectivity index (χ0n) is 11.4. The molecule has 0 aliphatic heterocycles. The van der Waals surface area contributed by atoms with E-state index in [1.54, 1.807) is 36.4 Å². The van der Waals surface area contributed by atoms with Gasteiger partial charge in [-0.2, -0.15) is 0 Å². The summed E-state index contributed by atoms with van der Waals surface area (Å²) in [4.78, 5) is 0. The van der Waals surface area contributed by atoms with Gasteiger partial charge in [-0.1, -0.05) is 23.2 Å². The molecule has 0 fully saturated rings. The van der Waals surface area contributed by atoms with Crippen molar-refractivity contribution in [2.75, 3.05) is 14.2 Å². The highest BCUT2D eigenvalue weighted by Crippen LogP contribution is 2.30. The Labute approximate surface area is 133 Å². The number of halogens is 2. The van der Waals surface area contributed by atoms with Gasteiger partial charge in [0.15, 0.2) is 0 Å². The number of methoxy groups -OCH3 is 2. The summed E-state index contributed by atoms with van der Waals surface area (Å²) in [7, 11) is 4.27. The summed E-state index contributed by atoms with van der Waals surface area (Å²) in [5.74, 6) is 2.13. The van der Waals surface area contributed by atoms with Crippen LogP contribution in [-0.4, -0.2) is 21.9 Å². The van der Waals surface area contributed by atoms with E-state index in [2.05, 4.69) is 0 Å². The van der Waals surface area contributed by atoms with Crippen LogP contribution in [0.5, 0.6) is 23.0 Å². The number of ether oxygens (including phenoxy) is 2. The molecule has 0 N–H and O–H groups in total. The summed E-state index contributed by atoms with van der Waals surface area (Å²) in [6.45, 7) is 0. The SMILES string of the molecule is COc1cc(O[B]Oc2ccc(Cl)c(OC)c2)ccc1Cl. The van der Waals surface area contributed by atoms with Crippen LogP contribution in [0.25, 0.3) is 0 Å². The van der Waals surface area contributed by atoms with Crippen LogP contribution in [-0.2, 0) is 0 Å². The average Bonchev–Trinajstić information content (AvgIpc) is 2.50. The molecule has 0 unspecified atom stereocenters. The van der Waals surface area contributed by atoms with Crippen molar-refractivity contribution >= 4 is 30.9 Å². The Bertz CT molecular complexity index is 568. The van der Waals surface area contributed by atoms with Gasteiger partial charge in [0.25, 0.3) is 0 Å². The topological polar surface area (TPSA) is 36.9 Å². The van der Waals surface area contributed by atoms with E-state index in [1.807, 2.05) is 0 Å². The summed E-state index contributed by atoms with van der Waals surface area (Å²) in [6.07, 6.45) is 0. The van der Waals surface area contributed by atoms with E-state index >= 15 is 0 Å². The highest BCUT2D eigenvalue weighted by molar-refractivity contribution is 6.32. The zero-order chi connectivity index (χ0) is 15.2. The molecule has 0 spiro atoms. The van der Waals surface area contributed by atoms with Gasteiger partial charge in [0.05, 0.1) is 24.3 Å². The third-order valence-electron chi connectivity index (χ3n) is 2.61. The predicted molar refractivity (Wildman–Crippen MR) is 83.0 cm³/mol. The highest BCUT2D eigenvalue weighted by atomic mass is 35.5. The Balaban J connectivity index is 1.95. The Morgan fingerprint density at radius 3 is 1.57 bits per heavy atom. The maximum atomic E-state index is 5.93. The lowest BCUT2D eigenvalue weighted by molar-refractivity contribution is 0.406. The van der Waals surface area contributed by atoms with Crippen molar-refractivity contribution in [2.45, 2.75) is 0 Å². The van der Waals surface area contributed by atoms with E-state index in [9.17, 15) is 0 Å². The molecule has 2 aromatic rings. The van der Waals surface area contributed by atoms with Crippen molar-refractivity contribution in [1.82, 2.24) is 0 Å². The maximum absolute atomic E-state index is 5.93. The first-order chi connectivity index (χ1) is 10.1. The molecule has 0 heterocycles. The second-order valence-corrected chi connectivity index (χ2v) is 4.74. The molecule has 1 radical (unpaired) electrons. The number of hydrogen-bond donors (Lipinski definition) is 0. The number of hydrogen-bond acceptors (Lipinski definition) is 4. The summed E-state index contributed by atoms with van der Waals surface area (Å²) in [6, 6.07) is 10.1. The second-order valence-electron chi connectivity index (χ2n) is 3.92. The normalized spacial score (nSPS) is 9.90. The van der Waals surface area contributed by atoms with Crippen molar-refractivity contribution in [3.8, 4) is 23.0 Å². The molecule has 0 saturated heterocycles. The lowest BCUT2D eigenvalue weighted by atomic mass is 10.2. The molecule has 0 amide bonds. The molecule has 0 saturated carbocycles. The Kier molecular flexibility index (Phi) is 5.48. The summed E-state index contributed by atoms with van der Waals surface area (Å²) in [5.41, 5.74) is 0. The van der Waals surface area contributed by atoms with Crippen LogP contribution in [0.1, 0.15) is 0 Å². The molecule has 0 atom stereocenters. The van der Waals surface area contributed by atoms with Crippen molar-refractivity contribution in [1.29, 1.82) is 0 Å². The van der Waals surface area contributed by atoms with Crippen LogP contribution in [0, 0.1) is 0 Å². The molecule has 0 aromatic heterocycles. The van der Waals surface area contributed by atoms with Crippen molar-refractivity contribution in [3.05, 3.63) is 46.4 Å². The number of rotatable bonds is 6. The van der Waals surface area contributed by atoms with E-state index in [1.165, 1.54) is 21.9 Å². The summed E-state index contributed by atoms with van der Waals surface area (Å²) >= 11 is 11.9. The Morgan fingerprint density at radius 1 is 0.762 bits per heavy atom. The minimum Gasteiger partial charge on any atom is -0.526 e. The molecule has 7 heteroatoms. The molecule has 2 rings (SSSR count). The zero-order valence-corrected chi connectivity index (χ0v) is 12.9. The minimum absolute atomic E-state index is 0.508. The molecular weight excluding hydrogens is 314 g/mol. The summed E-state index contributed by atoms with van der Waals surface area (Å²) < 4.78 is 20.9. The third-order valence-corrected chi connectivity index (χ3v) is 3.24. The second kappa shape index (κ2) is 7.34. The molecule has 0 aliphatic rings. The van der Waals surface area contributed by atoms with Gasteiger partial charge in [-0.3, -0.25) is 0 Å². The Morgan fingerprint density at radius 2 is 1.19 bits per heavy atom. The average molecular weight is 326 g/mol. The quantitative estimate of drug-likeness (QED) is 0.752.